The van der Waals surface area contributed by atoms with Gasteiger partial charge in [0.25, 0.3) is 0 Å². The average molecular weight is 226 g/mol. The van der Waals surface area contributed by atoms with Crippen LogP contribution in [0.3, 0.4) is 0 Å². The Labute approximate surface area is 99.3 Å². The van der Waals surface area contributed by atoms with Crippen molar-refractivity contribution in [1.82, 2.24) is 10.2 Å². The topological polar surface area (TPSA) is 53.6 Å². The Balaban J connectivity index is 2.02. The van der Waals surface area contributed by atoms with Crippen LogP contribution in [0, 0.1) is 0 Å². The Hall–Kier alpha value is -0.770. The molecule has 0 aliphatic carbocycles. The molecular weight excluding hydrogens is 200 g/mol. The van der Waals surface area contributed by atoms with Gasteiger partial charge in [-0.25, -0.2) is 0 Å². The first-order chi connectivity index (χ1) is 7.74. The van der Waals surface area contributed by atoms with E-state index >= 15 is 0 Å². The first-order valence-electron chi connectivity index (χ1n) is 6.44. The minimum Gasteiger partial charge on any atom is -0.370 e. The third kappa shape index (κ3) is 4.84. The molecule has 16 heavy (non-hydrogen) atoms. The minimum atomic E-state index is 0.548. The van der Waals surface area contributed by atoms with Crippen molar-refractivity contribution >= 4 is 5.96 Å². The largest absolute Gasteiger partial charge is 0.370 e. The van der Waals surface area contributed by atoms with Crippen molar-refractivity contribution in [2.75, 3.05) is 26.7 Å². The maximum absolute atomic E-state index is 5.55. The Morgan fingerprint density at radius 1 is 1.44 bits per heavy atom. The number of guanidine groups is 1. The zero-order chi connectivity index (χ0) is 11.8. The summed E-state index contributed by atoms with van der Waals surface area (Å²) in [5, 5.41) is 3.09. The molecule has 0 radical (unpaired) electrons. The Kier molecular flexibility index (Phi) is 6.23. The molecule has 0 aromatic carbocycles. The van der Waals surface area contributed by atoms with E-state index in [1.807, 2.05) is 0 Å². The summed E-state index contributed by atoms with van der Waals surface area (Å²) in [7, 11) is 1.71. The van der Waals surface area contributed by atoms with Gasteiger partial charge >= 0.3 is 0 Å². The van der Waals surface area contributed by atoms with Gasteiger partial charge in [-0.1, -0.05) is 6.42 Å². The van der Waals surface area contributed by atoms with Crippen LogP contribution in [0.5, 0.6) is 0 Å². The van der Waals surface area contributed by atoms with E-state index < -0.39 is 0 Å². The minimum absolute atomic E-state index is 0.548. The molecule has 1 rings (SSSR count). The predicted octanol–water partition coefficient (Wildman–Crippen LogP) is 1.18. The maximum Gasteiger partial charge on any atom is 0.188 e. The van der Waals surface area contributed by atoms with Gasteiger partial charge in [0.2, 0.25) is 0 Å². The second-order valence-electron chi connectivity index (χ2n) is 4.62. The zero-order valence-corrected chi connectivity index (χ0v) is 10.7. The molecule has 4 heteroatoms. The molecular formula is C12H26N4. The summed E-state index contributed by atoms with van der Waals surface area (Å²) in [6.07, 6.45) is 6.56. The van der Waals surface area contributed by atoms with Crippen LogP contribution in [-0.2, 0) is 0 Å². The van der Waals surface area contributed by atoms with Gasteiger partial charge in [-0.15, -0.1) is 0 Å². The molecule has 0 aromatic rings. The number of likely N-dealkylation sites (tertiary alicyclic amines) is 1. The van der Waals surface area contributed by atoms with Crippen molar-refractivity contribution in [2.45, 2.75) is 45.1 Å². The molecule has 1 atom stereocenters. The fraction of sp³-hybridized carbons (Fsp3) is 0.917. The van der Waals surface area contributed by atoms with Crippen LogP contribution in [0.2, 0.25) is 0 Å². The Morgan fingerprint density at radius 3 is 2.94 bits per heavy atom. The normalized spacial score (nSPS) is 23.4. The molecule has 1 fully saturated rings. The van der Waals surface area contributed by atoms with Gasteiger partial charge in [-0.2, -0.15) is 0 Å². The Bertz CT molecular complexity index is 215. The van der Waals surface area contributed by atoms with E-state index in [2.05, 4.69) is 22.1 Å². The lowest BCUT2D eigenvalue weighted by molar-refractivity contribution is 0.158. The van der Waals surface area contributed by atoms with E-state index in [1.54, 1.807) is 7.05 Å². The van der Waals surface area contributed by atoms with Crippen LogP contribution in [0.15, 0.2) is 4.99 Å². The summed E-state index contributed by atoms with van der Waals surface area (Å²) >= 11 is 0. The summed E-state index contributed by atoms with van der Waals surface area (Å²) < 4.78 is 0. The molecule has 1 saturated heterocycles. The van der Waals surface area contributed by atoms with E-state index in [4.69, 9.17) is 5.73 Å². The fourth-order valence-electron chi connectivity index (χ4n) is 2.23. The molecule has 0 spiro atoms. The van der Waals surface area contributed by atoms with Gasteiger partial charge in [-0.05, 0) is 45.7 Å². The summed E-state index contributed by atoms with van der Waals surface area (Å²) in [4.78, 5) is 6.47. The standard InChI is InChI=1S/C12H26N4/c1-11-7-3-5-9-16(11)10-6-4-8-15-12(13)14-2/h11H,3-10H2,1-2H3,(H3,13,14,15). The summed E-state index contributed by atoms with van der Waals surface area (Å²) in [6, 6.07) is 0.781. The second-order valence-corrected chi connectivity index (χ2v) is 4.62. The van der Waals surface area contributed by atoms with Gasteiger partial charge in [0.1, 0.15) is 0 Å². The molecule has 1 heterocycles. The van der Waals surface area contributed by atoms with Crippen LogP contribution < -0.4 is 11.1 Å². The molecule has 1 aliphatic rings. The highest BCUT2D eigenvalue weighted by molar-refractivity contribution is 5.77. The number of unbranched alkanes of at least 4 members (excludes halogenated alkanes) is 1. The lowest BCUT2D eigenvalue weighted by Crippen LogP contribution is -2.38. The first-order valence-corrected chi connectivity index (χ1v) is 6.44. The Morgan fingerprint density at radius 2 is 2.25 bits per heavy atom. The number of rotatable bonds is 5. The van der Waals surface area contributed by atoms with Crippen LogP contribution in [0.4, 0.5) is 0 Å². The number of hydrogen-bond acceptors (Lipinski definition) is 2. The molecule has 3 N–H and O–H groups in total. The van der Waals surface area contributed by atoms with Gasteiger partial charge in [0.05, 0.1) is 0 Å². The SMILES string of the molecule is CN=C(N)NCCCCN1CCCCC1C. The molecule has 0 saturated carbocycles. The van der Waals surface area contributed by atoms with E-state index in [0.717, 1.165) is 12.6 Å². The van der Waals surface area contributed by atoms with Crippen molar-refractivity contribution in [3.05, 3.63) is 0 Å². The van der Waals surface area contributed by atoms with Crippen molar-refractivity contribution < 1.29 is 0 Å². The van der Waals surface area contributed by atoms with E-state index in [9.17, 15) is 0 Å². The van der Waals surface area contributed by atoms with E-state index in [0.29, 0.717) is 5.96 Å². The fourth-order valence-corrected chi connectivity index (χ4v) is 2.23. The van der Waals surface area contributed by atoms with Crippen LogP contribution in [-0.4, -0.2) is 43.6 Å². The zero-order valence-electron chi connectivity index (χ0n) is 10.7. The first kappa shape index (κ1) is 13.3. The summed E-state index contributed by atoms with van der Waals surface area (Å²) in [5.41, 5.74) is 5.55. The van der Waals surface area contributed by atoms with Gasteiger partial charge in [-0.3, -0.25) is 4.99 Å². The molecule has 1 aliphatic heterocycles. The number of nitrogens with zero attached hydrogens (tertiary/aromatic N) is 2. The quantitative estimate of drug-likeness (QED) is 0.420. The summed E-state index contributed by atoms with van der Waals surface area (Å²) in [6.45, 7) is 5.80. The third-order valence-electron chi connectivity index (χ3n) is 3.36. The monoisotopic (exact) mass is 226 g/mol. The number of nitrogens with one attached hydrogen (secondary N) is 1. The lowest BCUT2D eigenvalue weighted by Gasteiger charge is -2.33. The highest BCUT2D eigenvalue weighted by Gasteiger charge is 2.16. The van der Waals surface area contributed by atoms with Crippen LogP contribution in [0.25, 0.3) is 0 Å². The van der Waals surface area contributed by atoms with Gasteiger partial charge in [0, 0.05) is 19.6 Å². The van der Waals surface area contributed by atoms with Crippen LogP contribution in [0.1, 0.15) is 39.0 Å². The molecule has 1 unspecified atom stereocenters. The number of nitrogens with two attached hydrogens (primary N) is 1. The number of hydrogen-bond donors (Lipinski definition) is 2. The number of piperidine rings is 1. The van der Waals surface area contributed by atoms with Crippen molar-refractivity contribution in [3.63, 3.8) is 0 Å². The molecule has 0 bridgehead atoms. The van der Waals surface area contributed by atoms with Crippen LogP contribution >= 0.6 is 0 Å². The lowest BCUT2D eigenvalue weighted by atomic mass is 10.0. The highest BCUT2D eigenvalue weighted by Crippen LogP contribution is 2.16. The highest BCUT2D eigenvalue weighted by atomic mass is 15.2. The molecule has 0 amide bonds. The number of aliphatic imine (C=N–C) groups is 1. The smallest absolute Gasteiger partial charge is 0.188 e. The molecule has 4 nitrogen and oxygen atoms in total. The average Bonchev–Trinajstić information content (AvgIpc) is 2.30. The van der Waals surface area contributed by atoms with E-state index in [1.165, 1.54) is 45.2 Å². The van der Waals surface area contributed by atoms with E-state index in [-0.39, 0.29) is 0 Å². The van der Waals surface area contributed by atoms with Gasteiger partial charge < -0.3 is 16.0 Å². The van der Waals surface area contributed by atoms with Crippen molar-refractivity contribution in [1.29, 1.82) is 0 Å². The van der Waals surface area contributed by atoms with Crippen molar-refractivity contribution in [2.24, 2.45) is 10.7 Å². The van der Waals surface area contributed by atoms with Gasteiger partial charge in [0.15, 0.2) is 5.96 Å². The molecule has 0 aromatic heterocycles. The second kappa shape index (κ2) is 7.49. The third-order valence-corrected chi connectivity index (χ3v) is 3.36. The molecule has 94 valence electrons. The van der Waals surface area contributed by atoms with Crippen molar-refractivity contribution in [3.8, 4) is 0 Å². The predicted molar refractivity (Wildman–Crippen MR) is 69.7 cm³/mol. The maximum atomic E-state index is 5.55. The summed E-state index contributed by atoms with van der Waals surface area (Å²) in [5.74, 6) is 0.548.